The van der Waals surface area contributed by atoms with Crippen molar-refractivity contribution in [1.29, 1.82) is 0 Å². The van der Waals surface area contributed by atoms with Crippen molar-refractivity contribution < 1.29 is 0 Å². The van der Waals surface area contributed by atoms with Crippen LogP contribution in [0.3, 0.4) is 0 Å². The molecule has 0 fully saturated rings. The third kappa shape index (κ3) is 3.41. The van der Waals surface area contributed by atoms with Crippen molar-refractivity contribution in [3.8, 4) is 0 Å². The summed E-state index contributed by atoms with van der Waals surface area (Å²) in [6, 6.07) is 2.12. The smallest absolute Gasteiger partial charge is 0.0375 e. The van der Waals surface area contributed by atoms with Gasteiger partial charge in [-0.05, 0) is 56.0 Å². The van der Waals surface area contributed by atoms with Crippen molar-refractivity contribution in [3.05, 3.63) is 71.7 Å². The fourth-order valence-electron chi connectivity index (χ4n) is 2.32. The molecule has 1 aliphatic carbocycles. The number of rotatable bonds is 3. The first-order valence-electron chi connectivity index (χ1n) is 6.78. The van der Waals surface area contributed by atoms with Crippen LogP contribution in [0.15, 0.2) is 59.9 Å². The van der Waals surface area contributed by atoms with E-state index in [-0.39, 0.29) is 0 Å². The minimum absolute atomic E-state index is 0.920. The number of hydrogen-bond donors (Lipinski definition) is 0. The largest absolute Gasteiger partial charge is 0.262 e. The van der Waals surface area contributed by atoms with Gasteiger partial charge >= 0.3 is 0 Å². The number of hydrogen-bond acceptors (Lipinski definition) is 2. The summed E-state index contributed by atoms with van der Waals surface area (Å²) >= 11 is 0. The molecular formula is C18H20N2. The van der Waals surface area contributed by atoms with Crippen LogP contribution in [0.1, 0.15) is 30.2 Å². The second-order valence-electron chi connectivity index (χ2n) is 5.01. The van der Waals surface area contributed by atoms with Gasteiger partial charge in [-0.15, -0.1) is 0 Å². The highest BCUT2D eigenvalue weighted by atomic mass is 14.7. The summed E-state index contributed by atoms with van der Waals surface area (Å²) in [4.78, 5) is 8.55. The summed E-state index contributed by atoms with van der Waals surface area (Å²) in [5, 5.41) is 0. The van der Waals surface area contributed by atoms with E-state index in [1.54, 1.807) is 6.20 Å². The zero-order valence-electron chi connectivity index (χ0n) is 12.4. The number of allylic oxidation sites excluding steroid dienone is 6. The lowest BCUT2D eigenvalue weighted by Gasteiger charge is -2.12. The van der Waals surface area contributed by atoms with Crippen LogP contribution < -0.4 is 0 Å². The van der Waals surface area contributed by atoms with Gasteiger partial charge in [0, 0.05) is 29.4 Å². The van der Waals surface area contributed by atoms with E-state index in [2.05, 4.69) is 53.8 Å². The van der Waals surface area contributed by atoms with E-state index in [1.807, 2.05) is 20.0 Å². The molecule has 0 atom stereocenters. The van der Waals surface area contributed by atoms with Gasteiger partial charge in [-0.2, -0.15) is 0 Å². The van der Waals surface area contributed by atoms with Gasteiger partial charge in [0.1, 0.15) is 0 Å². The molecule has 0 saturated heterocycles. The van der Waals surface area contributed by atoms with E-state index >= 15 is 0 Å². The fourth-order valence-corrected chi connectivity index (χ4v) is 2.32. The predicted octanol–water partition coefficient (Wildman–Crippen LogP) is 4.57. The van der Waals surface area contributed by atoms with Crippen molar-refractivity contribution in [2.45, 2.75) is 27.2 Å². The summed E-state index contributed by atoms with van der Waals surface area (Å²) in [5.74, 6) is 0. The molecule has 0 saturated carbocycles. The molecule has 0 amide bonds. The lowest BCUT2D eigenvalue weighted by Crippen LogP contribution is -1.95. The second kappa shape index (κ2) is 6.29. The first-order valence-corrected chi connectivity index (χ1v) is 6.78. The van der Waals surface area contributed by atoms with Gasteiger partial charge in [-0.25, -0.2) is 0 Å². The molecule has 2 heteroatoms. The summed E-state index contributed by atoms with van der Waals surface area (Å²) in [5.41, 5.74) is 7.01. The number of pyridine rings is 1. The van der Waals surface area contributed by atoms with Crippen molar-refractivity contribution in [1.82, 2.24) is 4.98 Å². The quantitative estimate of drug-likeness (QED) is 0.734. The Balaban J connectivity index is 2.20. The van der Waals surface area contributed by atoms with Gasteiger partial charge in [0.25, 0.3) is 0 Å². The Bertz CT molecular complexity index is 643. The van der Waals surface area contributed by atoms with Gasteiger partial charge in [0.15, 0.2) is 0 Å². The number of aliphatic imine (C=N–C) groups is 1. The Morgan fingerprint density at radius 2 is 2.15 bits per heavy atom. The highest BCUT2D eigenvalue weighted by Crippen LogP contribution is 2.26. The average Bonchev–Trinajstić information content (AvgIpc) is 2.40. The van der Waals surface area contributed by atoms with Crippen molar-refractivity contribution in [2.24, 2.45) is 4.99 Å². The molecule has 1 aromatic rings. The first kappa shape index (κ1) is 14.2. The zero-order valence-corrected chi connectivity index (χ0v) is 12.4. The van der Waals surface area contributed by atoms with E-state index < -0.39 is 0 Å². The monoisotopic (exact) mass is 264 g/mol. The third-order valence-electron chi connectivity index (χ3n) is 3.28. The maximum atomic E-state index is 4.39. The van der Waals surface area contributed by atoms with Gasteiger partial charge in [-0.1, -0.05) is 24.8 Å². The van der Waals surface area contributed by atoms with Crippen LogP contribution in [0, 0.1) is 13.8 Å². The minimum Gasteiger partial charge on any atom is -0.262 e. The molecule has 0 bridgehead atoms. The summed E-state index contributed by atoms with van der Waals surface area (Å²) in [7, 11) is 0. The topological polar surface area (TPSA) is 25.2 Å². The molecule has 0 unspecified atom stereocenters. The molecule has 1 aromatic heterocycles. The molecule has 0 aromatic carbocycles. The van der Waals surface area contributed by atoms with Crippen LogP contribution >= 0.6 is 0 Å². The number of aromatic nitrogens is 1. The first-order chi connectivity index (χ1) is 9.60. The number of aryl methyl sites for hydroxylation is 2. The molecule has 0 spiro atoms. The van der Waals surface area contributed by atoms with Gasteiger partial charge < -0.3 is 0 Å². The highest BCUT2D eigenvalue weighted by Gasteiger charge is 2.07. The number of nitrogens with zero attached hydrogens (tertiary/aromatic N) is 2. The van der Waals surface area contributed by atoms with Gasteiger partial charge in [-0.3, -0.25) is 9.98 Å². The van der Waals surface area contributed by atoms with E-state index in [9.17, 15) is 0 Å². The van der Waals surface area contributed by atoms with Gasteiger partial charge in [0.2, 0.25) is 0 Å². The van der Waals surface area contributed by atoms with E-state index in [4.69, 9.17) is 0 Å². The van der Waals surface area contributed by atoms with Crippen LogP contribution in [0.4, 0.5) is 0 Å². The average molecular weight is 264 g/mol. The molecule has 1 heterocycles. The fraction of sp³-hybridized carbons (Fsp3) is 0.222. The molecule has 102 valence electrons. The maximum absolute atomic E-state index is 4.39. The highest BCUT2D eigenvalue weighted by molar-refractivity contribution is 5.94. The van der Waals surface area contributed by atoms with Crippen LogP contribution in [-0.2, 0) is 0 Å². The molecule has 1 aliphatic rings. The molecule has 0 N–H and O–H groups in total. The second-order valence-corrected chi connectivity index (χ2v) is 5.01. The van der Waals surface area contributed by atoms with E-state index in [1.165, 1.54) is 22.3 Å². The predicted molar refractivity (Wildman–Crippen MR) is 86.8 cm³/mol. The van der Waals surface area contributed by atoms with Crippen LogP contribution in [0.25, 0.3) is 5.57 Å². The Hall–Kier alpha value is -2.22. The molecule has 20 heavy (non-hydrogen) atoms. The van der Waals surface area contributed by atoms with Crippen molar-refractivity contribution in [2.75, 3.05) is 0 Å². The Morgan fingerprint density at radius 3 is 2.75 bits per heavy atom. The summed E-state index contributed by atoms with van der Waals surface area (Å²) in [6.07, 6.45) is 13.1. The van der Waals surface area contributed by atoms with E-state index in [0.717, 1.165) is 17.8 Å². The standard InChI is InChI=1S/C18H20N2/c1-5-19-15(4)11-16-6-8-17(9-7-16)18-12-20-14(3)10-13(18)2/h5-6,8-12H,1,7H2,2-4H3/b16-11-,19-15?. The lowest BCUT2D eigenvalue weighted by molar-refractivity contribution is 1.16. The molecular weight excluding hydrogens is 244 g/mol. The van der Waals surface area contributed by atoms with Gasteiger partial charge in [0.05, 0.1) is 0 Å². The zero-order chi connectivity index (χ0) is 14.5. The van der Waals surface area contributed by atoms with Crippen LogP contribution in [0.2, 0.25) is 0 Å². The Morgan fingerprint density at radius 1 is 1.35 bits per heavy atom. The molecule has 2 rings (SSSR count). The van der Waals surface area contributed by atoms with Crippen molar-refractivity contribution in [3.63, 3.8) is 0 Å². The normalized spacial score (nSPS) is 17.2. The minimum atomic E-state index is 0.920. The third-order valence-corrected chi connectivity index (χ3v) is 3.28. The lowest BCUT2D eigenvalue weighted by atomic mass is 9.94. The van der Waals surface area contributed by atoms with E-state index in [0.29, 0.717) is 0 Å². The van der Waals surface area contributed by atoms with Crippen LogP contribution in [-0.4, -0.2) is 10.7 Å². The van der Waals surface area contributed by atoms with Crippen molar-refractivity contribution >= 4 is 11.3 Å². The summed E-state index contributed by atoms with van der Waals surface area (Å²) in [6.45, 7) is 9.74. The molecule has 0 radical (unpaired) electrons. The Labute approximate surface area is 121 Å². The molecule has 0 aliphatic heterocycles. The Kier molecular flexibility index (Phi) is 4.46. The summed E-state index contributed by atoms with van der Waals surface area (Å²) < 4.78 is 0. The maximum Gasteiger partial charge on any atom is 0.0375 e. The van der Waals surface area contributed by atoms with Crippen LogP contribution in [0.5, 0.6) is 0 Å². The SMILES string of the molecule is C=CN=C(C)/C=C1/C=CC(c2cnc(C)cc2C)=CC1. The molecule has 2 nitrogen and oxygen atoms in total.